The Balaban J connectivity index is 1.78. The Hall–Kier alpha value is -2.27. The molecule has 1 saturated heterocycles. The van der Waals surface area contributed by atoms with Crippen LogP contribution in [-0.4, -0.2) is 35.0 Å². The van der Waals surface area contributed by atoms with Crippen LogP contribution in [0.15, 0.2) is 40.8 Å². The van der Waals surface area contributed by atoms with Crippen molar-refractivity contribution < 1.29 is 19.1 Å². The highest BCUT2D eigenvalue weighted by Gasteiger charge is 2.32. The van der Waals surface area contributed by atoms with Crippen LogP contribution in [0.4, 0.5) is 0 Å². The van der Waals surface area contributed by atoms with E-state index in [2.05, 4.69) is 0 Å². The zero-order valence-electron chi connectivity index (χ0n) is 11.7. The van der Waals surface area contributed by atoms with Crippen molar-refractivity contribution in [1.82, 2.24) is 4.90 Å². The van der Waals surface area contributed by atoms with Gasteiger partial charge in [-0.25, -0.2) is 0 Å². The summed E-state index contributed by atoms with van der Waals surface area (Å²) in [5.41, 5.74) is 0.716. The summed E-state index contributed by atoms with van der Waals surface area (Å²) in [5, 5.41) is 9.54. The van der Waals surface area contributed by atoms with Crippen molar-refractivity contribution in [2.45, 2.75) is 6.42 Å². The van der Waals surface area contributed by atoms with E-state index < -0.39 is 11.9 Å². The maximum atomic E-state index is 12.4. The number of carboxylic acid groups (broad SMARTS) is 1. The van der Waals surface area contributed by atoms with Gasteiger partial charge < -0.3 is 14.4 Å². The van der Waals surface area contributed by atoms with Gasteiger partial charge in [0.2, 0.25) is 0 Å². The van der Waals surface area contributed by atoms with Crippen molar-refractivity contribution in [3.05, 3.63) is 47.2 Å². The van der Waals surface area contributed by atoms with Crippen LogP contribution >= 0.6 is 11.6 Å². The van der Waals surface area contributed by atoms with Gasteiger partial charge in [-0.3, -0.25) is 9.59 Å². The van der Waals surface area contributed by atoms with Gasteiger partial charge in [-0.2, -0.15) is 0 Å². The summed E-state index contributed by atoms with van der Waals surface area (Å²) >= 11 is 6.11. The normalized spacial score (nSPS) is 17.7. The molecule has 1 atom stereocenters. The second-order valence-electron chi connectivity index (χ2n) is 5.22. The minimum absolute atomic E-state index is 0.195. The van der Waals surface area contributed by atoms with Crippen molar-refractivity contribution in [3.63, 3.8) is 0 Å². The SMILES string of the molecule is O=C(O)C1CCN(C(=O)c2ccc(-c3ccccc3Cl)o2)C1. The largest absolute Gasteiger partial charge is 0.481 e. The van der Waals surface area contributed by atoms with Gasteiger partial charge in [0.25, 0.3) is 5.91 Å². The maximum absolute atomic E-state index is 12.4. The molecular formula is C16H14ClNO4. The van der Waals surface area contributed by atoms with E-state index in [0.717, 1.165) is 0 Å². The first kappa shape index (κ1) is 14.7. The van der Waals surface area contributed by atoms with Gasteiger partial charge >= 0.3 is 5.97 Å². The Morgan fingerprint density at radius 2 is 2.00 bits per heavy atom. The van der Waals surface area contributed by atoms with Crippen LogP contribution in [-0.2, 0) is 4.79 Å². The van der Waals surface area contributed by atoms with Gasteiger partial charge in [0, 0.05) is 18.7 Å². The summed E-state index contributed by atoms with van der Waals surface area (Å²) in [6, 6.07) is 10.5. The smallest absolute Gasteiger partial charge is 0.308 e. The molecule has 6 heteroatoms. The van der Waals surface area contributed by atoms with E-state index in [9.17, 15) is 9.59 Å². The van der Waals surface area contributed by atoms with Gasteiger partial charge in [0.05, 0.1) is 10.9 Å². The Kier molecular flexibility index (Phi) is 3.90. The third kappa shape index (κ3) is 2.72. The summed E-state index contributed by atoms with van der Waals surface area (Å²) in [6.07, 6.45) is 0.471. The molecule has 1 aliphatic rings. The number of amides is 1. The number of hydrogen-bond donors (Lipinski definition) is 1. The molecule has 1 N–H and O–H groups in total. The van der Waals surface area contributed by atoms with Crippen LogP contribution in [0.5, 0.6) is 0 Å². The highest BCUT2D eigenvalue weighted by atomic mass is 35.5. The molecule has 1 aromatic carbocycles. The fourth-order valence-corrected chi connectivity index (χ4v) is 2.79. The van der Waals surface area contributed by atoms with Gasteiger partial charge in [0.15, 0.2) is 5.76 Å². The monoisotopic (exact) mass is 319 g/mol. The molecule has 0 spiro atoms. The Morgan fingerprint density at radius 1 is 1.23 bits per heavy atom. The van der Waals surface area contributed by atoms with Crippen LogP contribution in [0.3, 0.4) is 0 Å². The summed E-state index contributed by atoms with van der Waals surface area (Å²) in [5.74, 6) is -0.945. The van der Waals surface area contributed by atoms with E-state index in [-0.39, 0.29) is 18.2 Å². The molecule has 22 heavy (non-hydrogen) atoms. The van der Waals surface area contributed by atoms with Gasteiger partial charge in [-0.05, 0) is 30.7 Å². The van der Waals surface area contributed by atoms with Crippen molar-refractivity contribution >= 4 is 23.5 Å². The number of furan rings is 1. The first-order chi connectivity index (χ1) is 10.6. The molecule has 2 aromatic rings. The third-order valence-electron chi connectivity index (χ3n) is 3.78. The number of hydrogen-bond acceptors (Lipinski definition) is 3. The number of likely N-dealkylation sites (tertiary alicyclic amines) is 1. The fourth-order valence-electron chi connectivity index (χ4n) is 2.56. The lowest BCUT2D eigenvalue weighted by Gasteiger charge is -2.13. The molecule has 0 aliphatic carbocycles. The van der Waals surface area contributed by atoms with Crippen LogP contribution in [0.25, 0.3) is 11.3 Å². The molecule has 114 valence electrons. The number of halogens is 1. The molecule has 1 unspecified atom stereocenters. The van der Waals surface area contributed by atoms with Crippen LogP contribution < -0.4 is 0 Å². The number of benzene rings is 1. The molecule has 1 amide bonds. The lowest BCUT2D eigenvalue weighted by molar-refractivity contribution is -0.141. The number of nitrogens with zero attached hydrogens (tertiary/aromatic N) is 1. The van der Waals surface area contributed by atoms with Gasteiger partial charge in [-0.15, -0.1) is 0 Å². The lowest BCUT2D eigenvalue weighted by Crippen LogP contribution is -2.29. The minimum Gasteiger partial charge on any atom is -0.481 e. The van der Waals surface area contributed by atoms with Crippen LogP contribution in [0.2, 0.25) is 5.02 Å². The molecule has 1 aliphatic heterocycles. The molecule has 1 aromatic heterocycles. The molecule has 0 radical (unpaired) electrons. The average Bonchev–Trinajstić information content (AvgIpc) is 3.17. The summed E-state index contributed by atoms with van der Waals surface area (Å²) in [7, 11) is 0. The topological polar surface area (TPSA) is 70.8 Å². The first-order valence-corrected chi connectivity index (χ1v) is 7.31. The zero-order chi connectivity index (χ0) is 15.7. The third-order valence-corrected chi connectivity index (χ3v) is 4.11. The molecule has 0 saturated carbocycles. The fraction of sp³-hybridized carbons (Fsp3) is 0.250. The number of aliphatic carboxylic acids is 1. The van der Waals surface area contributed by atoms with Crippen molar-refractivity contribution in [3.8, 4) is 11.3 Å². The average molecular weight is 320 g/mol. The standard InChI is InChI=1S/C16H14ClNO4/c17-12-4-2-1-3-11(12)13-5-6-14(22-13)15(19)18-8-7-10(9-18)16(20)21/h1-6,10H,7-9H2,(H,20,21). The summed E-state index contributed by atoms with van der Waals surface area (Å²) in [6.45, 7) is 0.647. The lowest BCUT2D eigenvalue weighted by atomic mass is 10.1. The second-order valence-corrected chi connectivity index (χ2v) is 5.63. The van der Waals surface area contributed by atoms with Crippen molar-refractivity contribution in [2.75, 3.05) is 13.1 Å². The minimum atomic E-state index is -0.869. The zero-order valence-corrected chi connectivity index (χ0v) is 12.4. The van der Waals surface area contributed by atoms with E-state index in [0.29, 0.717) is 29.3 Å². The molecule has 5 nitrogen and oxygen atoms in total. The first-order valence-electron chi connectivity index (χ1n) is 6.93. The van der Waals surface area contributed by atoms with Gasteiger partial charge in [-0.1, -0.05) is 23.7 Å². The van der Waals surface area contributed by atoms with E-state index in [1.807, 2.05) is 18.2 Å². The molecule has 2 heterocycles. The summed E-state index contributed by atoms with van der Waals surface area (Å²) < 4.78 is 5.60. The molecule has 1 fully saturated rings. The highest BCUT2D eigenvalue weighted by Crippen LogP contribution is 2.30. The highest BCUT2D eigenvalue weighted by molar-refractivity contribution is 6.33. The van der Waals surface area contributed by atoms with Crippen molar-refractivity contribution in [2.24, 2.45) is 5.92 Å². The van der Waals surface area contributed by atoms with E-state index >= 15 is 0 Å². The number of carbonyl (C=O) groups excluding carboxylic acids is 1. The molecule has 3 rings (SSSR count). The number of rotatable bonds is 3. The van der Waals surface area contributed by atoms with E-state index in [1.165, 1.54) is 4.90 Å². The second kappa shape index (κ2) is 5.85. The van der Waals surface area contributed by atoms with E-state index in [1.54, 1.807) is 18.2 Å². The number of carboxylic acids is 1. The Morgan fingerprint density at radius 3 is 2.68 bits per heavy atom. The Labute approximate surface area is 132 Å². The maximum Gasteiger partial charge on any atom is 0.308 e. The van der Waals surface area contributed by atoms with E-state index in [4.69, 9.17) is 21.1 Å². The summed E-state index contributed by atoms with van der Waals surface area (Å²) in [4.78, 5) is 24.8. The van der Waals surface area contributed by atoms with Crippen LogP contribution in [0.1, 0.15) is 17.0 Å². The predicted octanol–water partition coefficient (Wildman–Crippen LogP) is 3.15. The number of carbonyl (C=O) groups is 2. The van der Waals surface area contributed by atoms with Crippen molar-refractivity contribution in [1.29, 1.82) is 0 Å². The van der Waals surface area contributed by atoms with Crippen LogP contribution in [0, 0.1) is 5.92 Å². The quantitative estimate of drug-likeness (QED) is 0.943. The predicted molar refractivity (Wildman–Crippen MR) is 80.8 cm³/mol. The molecule has 0 bridgehead atoms. The van der Waals surface area contributed by atoms with Gasteiger partial charge in [0.1, 0.15) is 5.76 Å². The Bertz CT molecular complexity index is 724. The molecular weight excluding hydrogens is 306 g/mol.